The minimum absolute atomic E-state index is 0.0131. The Kier molecular flexibility index (Phi) is 4.07. The molecule has 2 bridgehead atoms. The van der Waals surface area contributed by atoms with Gasteiger partial charge in [-0.15, -0.1) is 0 Å². The van der Waals surface area contributed by atoms with Gasteiger partial charge in [-0.2, -0.15) is 0 Å². The van der Waals surface area contributed by atoms with Crippen LogP contribution in [0.15, 0.2) is 42.5 Å². The number of rotatable bonds is 3. The number of benzene rings is 2. The van der Waals surface area contributed by atoms with Crippen molar-refractivity contribution in [2.45, 2.75) is 39.5 Å². The molecule has 0 radical (unpaired) electrons. The summed E-state index contributed by atoms with van der Waals surface area (Å²) in [5.41, 5.74) is 3.88. The maximum Gasteiger partial charge on any atom is 0.151 e. The van der Waals surface area contributed by atoms with Crippen molar-refractivity contribution in [2.24, 2.45) is 17.3 Å². The molecule has 0 N–H and O–H groups in total. The molecule has 0 spiro atoms. The average Bonchev–Trinajstić information content (AvgIpc) is 2.61. The van der Waals surface area contributed by atoms with Crippen LogP contribution in [0.5, 0.6) is 0 Å². The maximum atomic E-state index is 13.1. The zero-order valence-corrected chi connectivity index (χ0v) is 16.1. The number of Topliss-reactive ketones (excluding diaryl/α,β-unsaturated/α-hetero) is 2. The number of carbonyl (C=O) groups is 2. The molecule has 3 fully saturated rings. The minimum Gasteiger partial charge on any atom is -0.298 e. The Balaban J connectivity index is 1.78. The van der Waals surface area contributed by atoms with Crippen LogP contribution in [0.4, 0.5) is 0 Å². The summed E-state index contributed by atoms with van der Waals surface area (Å²) in [5, 5.41) is 0.694. The molecule has 134 valence electrons. The molecule has 3 aliphatic carbocycles. The molecule has 0 aliphatic heterocycles. The lowest BCUT2D eigenvalue weighted by Crippen LogP contribution is -2.60. The van der Waals surface area contributed by atoms with Crippen LogP contribution in [-0.2, 0) is 16.0 Å². The van der Waals surface area contributed by atoms with E-state index in [1.807, 2.05) is 30.3 Å². The second-order valence-electron chi connectivity index (χ2n) is 8.17. The van der Waals surface area contributed by atoms with E-state index in [2.05, 4.69) is 32.9 Å². The Morgan fingerprint density at radius 1 is 0.962 bits per heavy atom. The lowest BCUT2D eigenvalue weighted by Gasteiger charge is -2.56. The average molecular weight is 367 g/mol. The van der Waals surface area contributed by atoms with Crippen LogP contribution in [0.2, 0.25) is 5.02 Å². The summed E-state index contributed by atoms with van der Waals surface area (Å²) < 4.78 is 0. The first kappa shape index (κ1) is 17.5. The van der Waals surface area contributed by atoms with Gasteiger partial charge in [0.15, 0.2) is 11.6 Å². The summed E-state index contributed by atoms with van der Waals surface area (Å²) in [6.45, 7) is 6.19. The van der Waals surface area contributed by atoms with Crippen molar-refractivity contribution in [3.05, 3.63) is 58.6 Å². The summed E-state index contributed by atoms with van der Waals surface area (Å²) >= 11 is 6.00. The predicted octanol–water partition coefficient (Wildman–Crippen LogP) is 5.47. The quantitative estimate of drug-likeness (QED) is 0.675. The first-order valence-electron chi connectivity index (χ1n) is 9.30. The molecule has 0 aromatic heterocycles. The second kappa shape index (κ2) is 6.06. The highest BCUT2D eigenvalue weighted by molar-refractivity contribution is 6.30. The number of aryl methyl sites for hydroxylation is 1. The molecule has 3 saturated carbocycles. The molecule has 2 nitrogen and oxygen atoms in total. The van der Waals surface area contributed by atoms with E-state index >= 15 is 0 Å². The van der Waals surface area contributed by atoms with E-state index in [1.54, 1.807) is 0 Å². The number of hydrogen-bond acceptors (Lipinski definition) is 2. The van der Waals surface area contributed by atoms with E-state index < -0.39 is 5.92 Å². The highest BCUT2D eigenvalue weighted by Gasteiger charge is 2.62. The maximum absolute atomic E-state index is 13.1. The zero-order chi connectivity index (χ0) is 18.6. The van der Waals surface area contributed by atoms with Crippen molar-refractivity contribution in [3.8, 4) is 11.1 Å². The Bertz CT molecular complexity index is 871. The van der Waals surface area contributed by atoms with Gasteiger partial charge in [0.25, 0.3) is 0 Å². The summed E-state index contributed by atoms with van der Waals surface area (Å²) in [4.78, 5) is 26.2. The summed E-state index contributed by atoms with van der Waals surface area (Å²) in [6.07, 6.45) is 1.55. The van der Waals surface area contributed by atoms with Crippen LogP contribution in [0.25, 0.3) is 11.1 Å². The van der Waals surface area contributed by atoms with Crippen molar-refractivity contribution in [1.29, 1.82) is 0 Å². The molecular weight excluding hydrogens is 344 g/mol. The molecule has 0 saturated heterocycles. The van der Waals surface area contributed by atoms with Crippen LogP contribution in [0.3, 0.4) is 0 Å². The molecule has 2 unspecified atom stereocenters. The third-order valence-electron chi connectivity index (χ3n) is 6.54. The summed E-state index contributed by atoms with van der Waals surface area (Å²) in [6, 6.07) is 13.8. The first-order chi connectivity index (χ1) is 12.3. The van der Waals surface area contributed by atoms with E-state index in [0.29, 0.717) is 5.02 Å². The Hall–Kier alpha value is -1.93. The van der Waals surface area contributed by atoms with Gasteiger partial charge < -0.3 is 0 Å². The molecule has 26 heavy (non-hydrogen) atoms. The van der Waals surface area contributed by atoms with Gasteiger partial charge in [0, 0.05) is 16.9 Å². The van der Waals surface area contributed by atoms with Gasteiger partial charge in [-0.3, -0.25) is 9.59 Å². The predicted molar refractivity (Wildman–Crippen MR) is 104 cm³/mol. The highest BCUT2D eigenvalue weighted by Crippen LogP contribution is 2.59. The van der Waals surface area contributed by atoms with E-state index in [1.165, 1.54) is 0 Å². The topological polar surface area (TPSA) is 34.1 Å². The number of carbonyl (C=O) groups excluding carboxylic acids is 2. The lowest BCUT2D eigenvalue weighted by atomic mass is 9.45. The highest BCUT2D eigenvalue weighted by atomic mass is 35.5. The van der Waals surface area contributed by atoms with E-state index in [9.17, 15) is 9.59 Å². The molecule has 2 aromatic rings. The molecule has 0 heterocycles. The number of halogens is 1. The molecule has 0 amide bonds. The lowest BCUT2D eigenvalue weighted by molar-refractivity contribution is -0.163. The van der Waals surface area contributed by atoms with Crippen LogP contribution in [0.1, 0.15) is 44.2 Å². The number of hydrogen-bond donors (Lipinski definition) is 0. The van der Waals surface area contributed by atoms with Gasteiger partial charge in [0.2, 0.25) is 0 Å². The van der Waals surface area contributed by atoms with Gasteiger partial charge >= 0.3 is 0 Å². The Labute approximate surface area is 159 Å². The second-order valence-corrected chi connectivity index (χ2v) is 8.61. The van der Waals surface area contributed by atoms with E-state index in [4.69, 9.17) is 11.6 Å². The van der Waals surface area contributed by atoms with Gasteiger partial charge in [-0.05, 0) is 58.7 Å². The standard InChI is InChI=1S/C23H23ClO2/c1-4-13-5-6-15(14-7-9-16(24)10-8-14)11-17(13)20-21(25)18-12-19(22(20)26)23(18,2)3/h5-11,18-20H,4,12H2,1-3H3. The third-order valence-corrected chi connectivity index (χ3v) is 6.79. The van der Waals surface area contributed by atoms with Crippen LogP contribution in [-0.4, -0.2) is 11.6 Å². The van der Waals surface area contributed by atoms with Gasteiger partial charge in [0.05, 0.1) is 0 Å². The van der Waals surface area contributed by atoms with Gasteiger partial charge in [0.1, 0.15) is 5.92 Å². The van der Waals surface area contributed by atoms with Crippen molar-refractivity contribution >= 4 is 23.2 Å². The summed E-state index contributed by atoms with van der Waals surface area (Å²) in [7, 11) is 0. The largest absolute Gasteiger partial charge is 0.298 e. The van der Waals surface area contributed by atoms with E-state index in [0.717, 1.165) is 35.1 Å². The minimum atomic E-state index is -0.589. The summed E-state index contributed by atoms with van der Waals surface area (Å²) in [5.74, 6) is -0.330. The zero-order valence-electron chi connectivity index (χ0n) is 15.4. The van der Waals surface area contributed by atoms with Crippen LogP contribution < -0.4 is 0 Å². The Morgan fingerprint density at radius 2 is 1.54 bits per heavy atom. The van der Waals surface area contributed by atoms with Gasteiger partial charge in [-0.25, -0.2) is 0 Å². The molecule has 3 heteroatoms. The third kappa shape index (κ3) is 2.46. The van der Waals surface area contributed by atoms with Crippen LogP contribution >= 0.6 is 11.6 Å². The SMILES string of the molecule is CCc1ccc(-c2ccc(Cl)cc2)cc1C1C(=O)C2CC(C1=O)C2(C)C. The van der Waals surface area contributed by atoms with Crippen LogP contribution in [0, 0.1) is 17.3 Å². The van der Waals surface area contributed by atoms with Gasteiger partial charge in [-0.1, -0.05) is 56.6 Å². The fraction of sp³-hybridized carbons (Fsp3) is 0.391. The fourth-order valence-electron chi connectivity index (χ4n) is 4.75. The number of fused-ring (bicyclic) bond motifs is 2. The monoisotopic (exact) mass is 366 g/mol. The molecule has 5 rings (SSSR count). The Morgan fingerprint density at radius 3 is 2.08 bits per heavy atom. The van der Waals surface area contributed by atoms with Crippen molar-refractivity contribution in [1.82, 2.24) is 0 Å². The smallest absolute Gasteiger partial charge is 0.151 e. The molecular formula is C23H23ClO2. The van der Waals surface area contributed by atoms with Crippen molar-refractivity contribution in [3.63, 3.8) is 0 Å². The first-order valence-corrected chi connectivity index (χ1v) is 9.68. The normalized spacial score (nSPS) is 26.5. The molecule has 2 atom stereocenters. The molecule has 2 aromatic carbocycles. The van der Waals surface area contributed by atoms with E-state index in [-0.39, 0.29) is 28.8 Å². The van der Waals surface area contributed by atoms with Crippen molar-refractivity contribution in [2.75, 3.05) is 0 Å². The van der Waals surface area contributed by atoms with Crippen molar-refractivity contribution < 1.29 is 9.59 Å². The fourth-order valence-corrected chi connectivity index (χ4v) is 4.87. The molecule has 3 aliphatic rings. The number of ketones is 2.